The van der Waals surface area contributed by atoms with E-state index in [2.05, 4.69) is 18.7 Å². The first kappa shape index (κ1) is 13.3. The van der Waals surface area contributed by atoms with E-state index in [1.807, 2.05) is 13.0 Å². The Morgan fingerprint density at radius 2 is 2.17 bits per heavy atom. The molecule has 1 atom stereocenters. The van der Waals surface area contributed by atoms with Crippen molar-refractivity contribution in [3.05, 3.63) is 29.6 Å². The van der Waals surface area contributed by atoms with Crippen LogP contribution in [0.2, 0.25) is 0 Å². The van der Waals surface area contributed by atoms with Gasteiger partial charge in [-0.15, -0.1) is 0 Å². The first-order chi connectivity index (χ1) is 8.43. The van der Waals surface area contributed by atoms with Gasteiger partial charge < -0.3 is 15.4 Å². The standard InChI is InChI=1S/C14H21FN2O/c1-10(16)13-11(15)5-4-6-12(13)17-7-8-18-9-14(17,2)3/h4-6,10H,7-9,16H2,1-3H3/t10-/m0/s1. The van der Waals surface area contributed by atoms with Gasteiger partial charge in [0, 0.05) is 23.8 Å². The molecule has 0 amide bonds. The maximum Gasteiger partial charge on any atom is 0.130 e. The van der Waals surface area contributed by atoms with Gasteiger partial charge in [-0.25, -0.2) is 4.39 Å². The zero-order valence-electron chi connectivity index (χ0n) is 11.2. The molecule has 1 aromatic carbocycles. The molecule has 0 aromatic heterocycles. The molecule has 0 bridgehead atoms. The summed E-state index contributed by atoms with van der Waals surface area (Å²) in [5, 5.41) is 0. The Hall–Kier alpha value is -1.13. The summed E-state index contributed by atoms with van der Waals surface area (Å²) in [6.07, 6.45) is 0. The Bertz CT molecular complexity index is 432. The van der Waals surface area contributed by atoms with Gasteiger partial charge in [-0.1, -0.05) is 6.07 Å². The van der Waals surface area contributed by atoms with Crippen LogP contribution in [0.25, 0.3) is 0 Å². The zero-order valence-corrected chi connectivity index (χ0v) is 11.2. The molecule has 1 aliphatic rings. The first-order valence-corrected chi connectivity index (χ1v) is 6.33. The number of rotatable bonds is 2. The zero-order chi connectivity index (χ0) is 13.3. The lowest BCUT2D eigenvalue weighted by atomic mass is 9.97. The molecule has 0 saturated carbocycles. The molecule has 0 radical (unpaired) electrons. The number of anilines is 1. The highest BCUT2D eigenvalue weighted by Crippen LogP contribution is 2.33. The Labute approximate surface area is 108 Å². The minimum Gasteiger partial charge on any atom is -0.377 e. The van der Waals surface area contributed by atoms with E-state index in [0.29, 0.717) is 18.8 Å². The van der Waals surface area contributed by atoms with Gasteiger partial charge in [-0.05, 0) is 32.9 Å². The largest absolute Gasteiger partial charge is 0.377 e. The molecule has 100 valence electrons. The fourth-order valence-electron chi connectivity index (χ4n) is 2.52. The summed E-state index contributed by atoms with van der Waals surface area (Å²) < 4.78 is 19.5. The van der Waals surface area contributed by atoms with E-state index in [9.17, 15) is 4.39 Å². The van der Waals surface area contributed by atoms with Crippen molar-refractivity contribution in [1.29, 1.82) is 0 Å². The first-order valence-electron chi connectivity index (χ1n) is 6.33. The van der Waals surface area contributed by atoms with Crippen molar-refractivity contribution < 1.29 is 9.13 Å². The lowest BCUT2D eigenvalue weighted by Crippen LogP contribution is -2.53. The third-order valence-corrected chi connectivity index (χ3v) is 3.42. The highest BCUT2D eigenvalue weighted by molar-refractivity contribution is 5.57. The summed E-state index contributed by atoms with van der Waals surface area (Å²) in [6.45, 7) is 8.08. The molecule has 1 saturated heterocycles. The molecule has 18 heavy (non-hydrogen) atoms. The van der Waals surface area contributed by atoms with Crippen LogP contribution in [-0.4, -0.2) is 25.3 Å². The molecular formula is C14H21FN2O. The Kier molecular flexibility index (Phi) is 3.59. The van der Waals surface area contributed by atoms with Crippen LogP contribution < -0.4 is 10.6 Å². The van der Waals surface area contributed by atoms with Crippen LogP contribution in [0.5, 0.6) is 0 Å². The molecular weight excluding hydrogens is 231 g/mol. The van der Waals surface area contributed by atoms with E-state index in [-0.39, 0.29) is 17.4 Å². The average molecular weight is 252 g/mol. The molecule has 2 rings (SSSR count). The molecule has 1 aliphatic heterocycles. The van der Waals surface area contributed by atoms with Gasteiger partial charge in [-0.2, -0.15) is 0 Å². The van der Waals surface area contributed by atoms with Crippen LogP contribution in [0.4, 0.5) is 10.1 Å². The van der Waals surface area contributed by atoms with Gasteiger partial charge in [0.05, 0.1) is 18.8 Å². The normalized spacial score (nSPS) is 20.8. The number of ether oxygens (including phenoxy) is 1. The van der Waals surface area contributed by atoms with E-state index in [4.69, 9.17) is 10.5 Å². The maximum atomic E-state index is 14.0. The fourth-order valence-corrected chi connectivity index (χ4v) is 2.52. The van der Waals surface area contributed by atoms with E-state index < -0.39 is 0 Å². The van der Waals surface area contributed by atoms with Crippen molar-refractivity contribution in [2.45, 2.75) is 32.4 Å². The quantitative estimate of drug-likeness (QED) is 0.878. The Balaban J connectivity index is 2.47. The predicted molar refractivity (Wildman–Crippen MR) is 71.2 cm³/mol. The van der Waals surface area contributed by atoms with Gasteiger partial charge in [-0.3, -0.25) is 0 Å². The van der Waals surface area contributed by atoms with Crippen molar-refractivity contribution in [3.8, 4) is 0 Å². The molecule has 0 aliphatic carbocycles. The summed E-state index contributed by atoms with van der Waals surface area (Å²) in [4.78, 5) is 2.19. The summed E-state index contributed by atoms with van der Waals surface area (Å²) in [7, 11) is 0. The van der Waals surface area contributed by atoms with E-state index >= 15 is 0 Å². The number of hydrogen-bond acceptors (Lipinski definition) is 3. The van der Waals surface area contributed by atoms with Crippen molar-refractivity contribution in [1.82, 2.24) is 0 Å². The number of nitrogens with two attached hydrogens (primary N) is 1. The smallest absolute Gasteiger partial charge is 0.130 e. The van der Waals surface area contributed by atoms with Crippen LogP contribution >= 0.6 is 0 Å². The minimum absolute atomic E-state index is 0.143. The van der Waals surface area contributed by atoms with Crippen LogP contribution in [-0.2, 0) is 4.74 Å². The molecule has 0 spiro atoms. The lowest BCUT2D eigenvalue weighted by molar-refractivity contribution is 0.0642. The number of nitrogens with zero attached hydrogens (tertiary/aromatic N) is 1. The number of hydrogen-bond donors (Lipinski definition) is 1. The molecule has 2 N–H and O–H groups in total. The van der Waals surface area contributed by atoms with Gasteiger partial charge in [0.25, 0.3) is 0 Å². The van der Waals surface area contributed by atoms with E-state index in [0.717, 1.165) is 12.2 Å². The highest BCUT2D eigenvalue weighted by Gasteiger charge is 2.32. The SMILES string of the molecule is C[C@H](N)c1c(F)cccc1N1CCOCC1(C)C. The summed E-state index contributed by atoms with van der Waals surface area (Å²) >= 11 is 0. The summed E-state index contributed by atoms with van der Waals surface area (Å²) in [6, 6.07) is 4.83. The monoisotopic (exact) mass is 252 g/mol. The predicted octanol–water partition coefficient (Wildman–Crippen LogP) is 2.46. The van der Waals surface area contributed by atoms with E-state index in [1.165, 1.54) is 6.07 Å². The lowest BCUT2D eigenvalue weighted by Gasteiger charge is -2.45. The third-order valence-electron chi connectivity index (χ3n) is 3.42. The number of halogens is 1. The molecule has 1 heterocycles. The maximum absolute atomic E-state index is 14.0. The van der Waals surface area contributed by atoms with Gasteiger partial charge in [0.1, 0.15) is 5.82 Å². The molecule has 0 unspecified atom stereocenters. The minimum atomic E-state index is -0.320. The number of benzene rings is 1. The van der Waals surface area contributed by atoms with Gasteiger partial charge in [0.15, 0.2) is 0 Å². The Morgan fingerprint density at radius 1 is 1.44 bits per heavy atom. The average Bonchev–Trinajstić information content (AvgIpc) is 2.27. The Morgan fingerprint density at radius 3 is 2.78 bits per heavy atom. The molecule has 1 aromatic rings. The van der Waals surface area contributed by atoms with Gasteiger partial charge >= 0.3 is 0 Å². The van der Waals surface area contributed by atoms with Gasteiger partial charge in [0.2, 0.25) is 0 Å². The topological polar surface area (TPSA) is 38.5 Å². The summed E-state index contributed by atoms with van der Waals surface area (Å²) in [5.74, 6) is -0.232. The van der Waals surface area contributed by atoms with Crippen LogP contribution in [0.3, 0.4) is 0 Å². The second-order valence-corrected chi connectivity index (χ2v) is 5.48. The van der Waals surface area contributed by atoms with Crippen molar-refractivity contribution in [2.24, 2.45) is 5.73 Å². The van der Waals surface area contributed by atoms with Crippen LogP contribution in [0, 0.1) is 5.82 Å². The van der Waals surface area contributed by atoms with Crippen LogP contribution in [0.1, 0.15) is 32.4 Å². The summed E-state index contributed by atoms with van der Waals surface area (Å²) in [5.41, 5.74) is 7.25. The molecule has 4 heteroatoms. The van der Waals surface area contributed by atoms with Crippen molar-refractivity contribution in [2.75, 3.05) is 24.7 Å². The van der Waals surface area contributed by atoms with Crippen molar-refractivity contribution in [3.63, 3.8) is 0 Å². The number of morpholine rings is 1. The molecule has 1 fully saturated rings. The second kappa shape index (κ2) is 4.86. The highest BCUT2D eigenvalue weighted by atomic mass is 19.1. The van der Waals surface area contributed by atoms with Crippen molar-refractivity contribution >= 4 is 5.69 Å². The fraction of sp³-hybridized carbons (Fsp3) is 0.571. The van der Waals surface area contributed by atoms with Crippen LogP contribution in [0.15, 0.2) is 18.2 Å². The second-order valence-electron chi connectivity index (χ2n) is 5.48. The third kappa shape index (κ3) is 2.35. The van der Waals surface area contributed by atoms with E-state index in [1.54, 1.807) is 6.07 Å². The molecule has 3 nitrogen and oxygen atoms in total.